The van der Waals surface area contributed by atoms with Crippen molar-refractivity contribution in [3.63, 3.8) is 0 Å². The van der Waals surface area contributed by atoms with Crippen LogP contribution < -0.4 is 5.73 Å². The first-order valence-corrected chi connectivity index (χ1v) is 15.6. The third-order valence-corrected chi connectivity index (χ3v) is 13.3. The molecule has 0 aromatic carbocycles. The Kier molecular flexibility index (Phi) is 7.01. The van der Waals surface area contributed by atoms with E-state index in [1.807, 2.05) is 6.92 Å². The van der Waals surface area contributed by atoms with Gasteiger partial charge in [0.05, 0.1) is 0 Å². The van der Waals surface area contributed by atoms with Gasteiger partial charge in [-0.05, 0) is 0 Å². The number of rotatable bonds is 6. The molecule has 0 saturated carbocycles. The fourth-order valence-electron chi connectivity index (χ4n) is 1.55. The summed E-state index contributed by atoms with van der Waals surface area (Å²) < 4.78 is 2.41. The first-order chi connectivity index (χ1) is 7.15. The van der Waals surface area contributed by atoms with Gasteiger partial charge < -0.3 is 0 Å². The second-order valence-corrected chi connectivity index (χ2v) is 16.0. The number of aryl methyl sites for hydroxylation is 1. The third kappa shape index (κ3) is 4.86. The quantitative estimate of drug-likeness (QED) is 0.584. The molecule has 0 aliphatic rings. The summed E-state index contributed by atoms with van der Waals surface area (Å²) in [4.78, 5) is 1.33. The number of halogens is 1. The third-order valence-electron chi connectivity index (χ3n) is 2.36. The van der Waals surface area contributed by atoms with Crippen LogP contribution in [0.15, 0.2) is 11.4 Å². The molecule has 0 amide bonds. The predicted molar refractivity (Wildman–Crippen MR) is 77.1 cm³/mol. The van der Waals surface area contributed by atoms with Crippen molar-refractivity contribution in [3.8, 4) is 0 Å². The van der Waals surface area contributed by atoms with Crippen LogP contribution in [0.1, 0.15) is 23.4 Å². The van der Waals surface area contributed by atoms with Crippen LogP contribution in [0.3, 0.4) is 0 Å². The molecule has 0 fully saturated rings. The summed E-state index contributed by atoms with van der Waals surface area (Å²) in [6.45, 7) is 2.05. The molecule has 1 aromatic heterocycles. The topological polar surface area (TPSA) is 26.0 Å². The van der Waals surface area contributed by atoms with Crippen LogP contribution in [0, 0.1) is 0 Å². The van der Waals surface area contributed by atoms with Crippen LogP contribution in [-0.4, -0.2) is 24.4 Å². The zero-order valence-corrected chi connectivity index (χ0v) is 14.7. The molecule has 2 unspecified atom stereocenters. The number of hydrogen-bond donors (Lipinski definition) is 2. The van der Waals surface area contributed by atoms with Crippen molar-refractivity contribution in [1.29, 1.82) is 0 Å². The average molecular weight is 371 g/mol. The molecule has 1 aromatic rings. The molecule has 0 saturated heterocycles. The SMILES string of the molecule is CC(N)c1sccc1C[CH2][SnH]([Cl])[CH2]CS. The Morgan fingerprint density at radius 3 is 2.93 bits per heavy atom. The monoisotopic (exact) mass is 371 g/mol. The Bertz CT molecular complexity index is 291. The second-order valence-electron chi connectivity index (χ2n) is 3.75. The van der Waals surface area contributed by atoms with Crippen LogP contribution >= 0.6 is 32.9 Å². The molecule has 2 atom stereocenters. The fraction of sp³-hybridized carbons (Fsp3) is 0.600. The van der Waals surface area contributed by atoms with E-state index in [4.69, 9.17) is 14.7 Å². The summed E-state index contributed by atoms with van der Waals surface area (Å²) in [5.41, 5.74) is 7.32. The molecule has 5 heteroatoms. The Hall–Kier alpha value is 1.10. The van der Waals surface area contributed by atoms with Crippen molar-refractivity contribution in [1.82, 2.24) is 0 Å². The van der Waals surface area contributed by atoms with Gasteiger partial charge in [0.15, 0.2) is 0 Å². The summed E-state index contributed by atoms with van der Waals surface area (Å²) in [7, 11) is 6.36. The number of nitrogens with two attached hydrogens (primary N) is 1. The molecule has 2 N–H and O–H groups in total. The molecule has 0 aliphatic carbocycles. The van der Waals surface area contributed by atoms with Gasteiger partial charge >= 0.3 is 113 Å². The Labute approximate surface area is 112 Å². The molecule has 1 rings (SSSR count). The van der Waals surface area contributed by atoms with Gasteiger partial charge in [-0.25, -0.2) is 0 Å². The maximum absolute atomic E-state index is 6.36. The van der Waals surface area contributed by atoms with Crippen molar-refractivity contribution < 1.29 is 0 Å². The minimum atomic E-state index is -1.69. The van der Waals surface area contributed by atoms with Gasteiger partial charge in [0, 0.05) is 0 Å². The predicted octanol–water partition coefficient (Wildman–Crippen LogP) is 3.20. The van der Waals surface area contributed by atoms with Crippen LogP contribution in [-0.2, 0) is 6.42 Å². The standard InChI is InChI=1S/C8H12NS.C2H5S.ClH.Sn.H/c1-3-7-4-5-10-8(7)6(2)9;1-2-3;;;/h4-6H,1,3,9H2,2H3;3H,1-2H2;1H;;/q;;;+1;/p-1. The maximum atomic E-state index is 6.36. The van der Waals surface area contributed by atoms with Crippen LogP contribution in [0.25, 0.3) is 0 Å². The molecular formula is C10H18ClNS2Sn. The van der Waals surface area contributed by atoms with Gasteiger partial charge in [-0.1, -0.05) is 0 Å². The first kappa shape index (κ1) is 14.2. The summed E-state index contributed by atoms with van der Waals surface area (Å²) >= 11 is 4.30. The van der Waals surface area contributed by atoms with Crippen molar-refractivity contribution >= 4 is 51.5 Å². The van der Waals surface area contributed by atoms with E-state index in [0.29, 0.717) is 0 Å². The Balaban J connectivity index is 2.46. The van der Waals surface area contributed by atoms with Gasteiger partial charge in [0.1, 0.15) is 0 Å². The van der Waals surface area contributed by atoms with Gasteiger partial charge in [-0.2, -0.15) is 0 Å². The molecule has 1 nitrogen and oxygen atoms in total. The number of thiol groups is 1. The zero-order valence-electron chi connectivity index (χ0n) is 8.95. The summed E-state index contributed by atoms with van der Waals surface area (Å²) in [6.07, 6.45) is 1.12. The molecule has 86 valence electrons. The Morgan fingerprint density at radius 2 is 2.33 bits per heavy atom. The average Bonchev–Trinajstić information content (AvgIpc) is 2.63. The number of hydrogen-bond acceptors (Lipinski definition) is 3. The molecular weight excluding hydrogens is 352 g/mol. The minimum absolute atomic E-state index is 0.161. The van der Waals surface area contributed by atoms with Crippen LogP contribution in [0.5, 0.6) is 0 Å². The van der Waals surface area contributed by atoms with E-state index in [0.717, 1.165) is 12.2 Å². The first-order valence-electron chi connectivity index (χ1n) is 5.22. The zero-order chi connectivity index (χ0) is 11.3. The fourth-order valence-corrected chi connectivity index (χ4v) is 10.4. The molecule has 0 aliphatic heterocycles. The van der Waals surface area contributed by atoms with Gasteiger partial charge in [0.2, 0.25) is 0 Å². The van der Waals surface area contributed by atoms with E-state index in [9.17, 15) is 0 Å². The van der Waals surface area contributed by atoms with E-state index >= 15 is 0 Å². The molecule has 15 heavy (non-hydrogen) atoms. The summed E-state index contributed by atoms with van der Waals surface area (Å²) in [5.74, 6) is 0.952. The molecule has 1 heterocycles. The van der Waals surface area contributed by atoms with E-state index < -0.39 is 18.6 Å². The van der Waals surface area contributed by atoms with E-state index in [-0.39, 0.29) is 6.04 Å². The van der Waals surface area contributed by atoms with Gasteiger partial charge in [-0.15, -0.1) is 0 Å². The summed E-state index contributed by atoms with van der Waals surface area (Å²) in [6, 6.07) is 2.35. The molecule has 0 bridgehead atoms. The van der Waals surface area contributed by atoms with E-state index in [2.05, 4.69) is 24.1 Å². The van der Waals surface area contributed by atoms with Crippen LogP contribution in [0.4, 0.5) is 0 Å². The van der Waals surface area contributed by atoms with Gasteiger partial charge in [-0.3, -0.25) is 0 Å². The van der Waals surface area contributed by atoms with Crippen molar-refractivity contribution in [2.24, 2.45) is 5.73 Å². The van der Waals surface area contributed by atoms with Crippen molar-refractivity contribution in [2.45, 2.75) is 28.3 Å². The van der Waals surface area contributed by atoms with Crippen LogP contribution in [0.2, 0.25) is 8.87 Å². The van der Waals surface area contributed by atoms with Gasteiger partial charge in [0.25, 0.3) is 0 Å². The molecule has 0 radical (unpaired) electrons. The Morgan fingerprint density at radius 1 is 1.60 bits per heavy atom. The normalized spacial score (nSPS) is 15.2. The summed E-state index contributed by atoms with van der Waals surface area (Å²) in [5, 5.41) is 2.13. The van der Waals surface area contributed by atoms with Crippen molar-refractivity contribution in [3.05, 3.63) is 21.9 Å². The van der Waals surface area contributed by atoms with E-state index in [1.165, 1.54) is 19.3 Å². The second kappa shape index (κ2) is 7.43. The number of thiophene rings is 1. The van der Waals surface area contributed by atoms with E-state index in [1.54, 1.807) is 11.3 Å². The molecule has 0 spiro atoms. The van der Waals surface area contributed by atoms with Crippen molar-refractivity contribution in [2.75, 3.05) is 5.75 Å².